The van der Waals surface area contributed by atoms with Crippen molar-refractivity contribution in [2.75, 3.05) is 13.2 Å². The third-order valence-corrected chi connectivity index (χ3v) is 7.66. The average Bonchev–Trinajstić information content (AvgIpc) is 3.33. The molecule has 1 heterocycles. The summed E-state index contributed by atoms with van der Waals surface area (Å²) < 4.78 is 16.4. The van der Waals surface area contributed by atoms with Gasteiger partial charge in [0.15, 0.2) is 0 Å². The minimum Gasteiger partial charge on any atom is -0.464 e. The molecule has 0 aliphatic carbocycles. The number of nitrogens with zero attached hydrogens (tertiary/aromatic N) is 1. The van der Waals surface area contributed by atoms with E-state index < -0.39 is 40.3 Å². The van der Waals surface area contributed by atoms with Gasteiger partial charge in [-0.2, -0.15) is 0 Å². The number of hydrogen-bond acceptors (Lipinski definition) is 9. The van der Waals surface area contributed by atoms with E-state index in [0.29, 0.717) is 0 Å². The Morgan fingerprint density at radius 2 is 1.44 bits per heavy atom. The third-order valence-electron chi connectivity index (χ3n) is 7.66. The zero-order chi connectivity index (χ0) is 30.7. The summed E-state index contributed by atoms with van der Waals surface area (Å²) in [6, 6.07) is 22.0. The molecule has 1 saturated heterocycles. The van der Waals surface area contributed by atoms with Crippen molar-refractivity contribution in [2.45, 2.75) is 32.0 Å². The third kappa shape index (κ3) is 5.21. The van der Waals surface area contributed by atoms with Crippen LogP contribution in [0.5, 0.6) is 0 Å². The van der Waals surface area contributed by atoms with Gasteiger partial charge in [-0.3, -0.25) is 20.2 Å². The molecule has 2 atom stereocenters. The number of rotatable bonds is 9. The van der Waals surface area contributed by atoms with Crippen molar-refractivity contribution in [3.8, 4) is 0 Å². The summed E-state index contributed by atoms with van der Waals surface area (Å²) in [5.74, 6) is -4.06. The number of hydrogen-bond donors (Lipinski definition) is 1. The largest absolute Gasteiger partial charge is 0.464 e. The maximum absolute atomic E-state index is 14.0. The normalized spacial score (nSPS) is 17.5. The molecular formula is C33H30N2O8. The van der Waals surface area contributed by atoms with E-state index in [2.05, 4.69) is 18.0 Å². The van der Waals surface area contributed by atoms with Gasteiger partial charge in [-0.05, 0) is 52.6 Å². The van der Waals surface area contributed by atoms with Crippen molar-refractivity contribution in [2.24, 2.45) is 5.92 Å². The number of fused-ring (bicyclic) bond motifs is 2. The van der Waals surface area contributed by atoms with Crippen LogP contribution in [0.15, 0.2) is 91.0 Å². The molecule has 0 radical (unpaired) electrons. The van der Waals surface area contributed by atoms with Crippen LogP contribution >= 0.6 is 0 Å². The monoisotopic (exact) mass is 582 g/mol. The van der Waals surface area contributed by atoms with E-state index in [4.69, 9.17) is 14.2 Å². The number of benzene rings is 4. The molecule has 0 aromatic heterocycles. The van der Waals surface area contributed by atoms with Crippen LogP contribution in [0, 0.1) is 16.0 Å². The van der Waals surface area contributed by atoms with Crippen LogP contribution < -0.4 is 5.32 Å². The number of nitro groups is 1. The molecule has 220 valence electrons. The molecule has 0 spiro atoms. The summed E-state index contributed by atoms with van der Waals surface area (Å²) in [7, 11) is 0. The second kappa shape index (κ2) is 12.0. The first-order valence-corrected chi connectivity index (χ1v) is 13.8. The van der Waals surface area contributed by atoms with Gasteiger partial charge in [0.2, 0.25) is 5.54 Å². The number of carbonyl (C=O) groups excluding carboxylic acids is 3. The molecule has 1 fully saturated rings. The number of nitro benzene ring substituents is 1. The van der Waals surface area contributed by atoms with Gasteiger partial charge in [0, 0.05) is 17.7 Å². The van der Waals surface area contributed by atoms with Crippen molar-refractivity contribution in [1.29, 1.82) is 0 Å². The zero-order valence-corrected chi connectivity index (χ0v) is 23.7. The maximum Gasteiger partial charge on any atom is 0.342 e. The Morgan fingerprint density at radius 1 is 0.860 bits per heavy atom. The van der Waals surface area contributed by atoms with Gasteiger partial charge >= 0.3 is 17.9 Å². The molecule has 2 unspecified atom stereocenters. The van der Waals surface area contributed by atoms with E-state index in [0.717, 1.165) is 27.1 Å². The maximum atomic E-state index is 14.0. The van der Waals surface area contributed by atoms with Gasteiger partial charge in [0.1, 0.15) is 12.5 Å². The van der Waals surface area contributed by atoms with Crippen LogP contribution in [0.1, 0.15) is 31.0 Å². The van der Waals surface area contributed by atoms with Gasteiger partial charge in [0.05, 0.1) is 24.2 Å². The van der Waals surface area contributed by atoms with Crippen LogP contribution in [0.4, 0.5) is 5.69 Å². The Hall–Kier alpha value is -5.09. The highest BCUT2D eigenvalue weighted by molar-refractivity contribution is 6.11. The highest BCUT2D eigenvalue weighted by atomic mass is 16.6. The fourth-order valence-corrected chi connectivity index (χ4v) is 5.67. The van der Waals surface area contributed by atoms with E-state index in [1.165, 1.54) is 18.2 Å². The lowest BCUT2D eigenvalue weighted by Crippen LogP contribution is -2.57. The van der Waals surface area contributed by atoms with E-state index in [9.17, 15) is 24.5 Å². The second-order valence-electron chi connectivity index (χ2n) is 10.1. The summed E-state index contributed by atoms with van der Waals surface area (Å²) in [6.45, 7) is 6.93. The summed E-state index contributed by atoms with van der Waals surface area (Å²) >= 11 is 0. The predicted octanol–water partition coefficient (Wildman–Crippen LogP) is 5.33. The highest BCUT2D eigenvalue weighted by Gasteiger charge is 2.63. The molecule has 10 nitrogen and oxygen atoms in total. The van der Waals surface area contributed by atoms with E-state index >= 15 is 0 Å². The molecule has 43 heavy (non-hydrogen) atoms. The molecule has 0 bridgehead atoms. The van der Waals surface area contributed by atoms with Crippen molar-refractivity contribution >= 4 is 45.1 Å². The topological polar surface area (TPSA) is 134 Å². The molecule has 1 aliphatic heterocycles. The SMILES string of the molecule is C=C1C(C(=O)OCc2c3ccccc3cc3ccccc23)C(c2cccc([N+](=O)[O-])c2)NC1(C(=O)OCC)C(=O)OCC. The van der Waals surface area contributed by atoms with Crippen LogP contribution in [0.25, 0.3) is 21.5 Å². The Balaban J connectivity index is 1.58. The van der Waals surface area contributed by atoms with Crippen molar-refractivity contribution in [3.63, 3.8) is 0 Å². The minimum absolute atomic E-state index is 0.0559. The molecule has 1 N–H and O–H groups in total. The Bertz CT molecular complexity index is 1690. The van der Waals surface area contributed by atoms with Crippen LogP contribution in [0.2, 0.25) is 0 Å². The summed E-state index contributed by atoms with van der Waals surface area (Å²) in [4.78, 5) is 51.7. The minimum atomic E-state index is -2.24. The number of esters is 3. The number of ether oxygens (including phenoxy) is 3. The van der Waals surface area contributed by atoms with Crippen LogP contribution in [-0.4, -0.2) is 41.6 Å². The molecule has 4 aromatic rings. The predicted molar refractivity (Wildman–Crippen MR) is 159 cm³/mol. The standard InChI is InChI=1S/C33H30N2O8/c1-4-41-31(37)33(32(38)42-5-2)20(3)28(29(34-33)23-13-10-14-24(18-23)35(39)40)30(36)43-19-27-25-15-8-6-11-21(25)17-22-12-7-9-16-26(22)27/h6-18,28-29,34H,3-5,19H2,1-2H3. The zero-order valence-electron chi connectivity index (χ0n) is 23.7. The molecule has 0 saturated carbocycles. The van der Waals surface area contributed by atoms with Crippen molar-refractivity contribution in [3.05, 3.63) is 112 Å². The number of nitrogens with one attached hydrogen (secondary N) is 1. The molecule has 0 amide bonds. The van der Waals surface area contributed by atoms with Gasteiger partial charge in [-0.1, -0.05) is 67.2 Å². The second-order valence-corrected chi connectivity index (χ2v) is 10.1. The Kier molecular flexibility index (Phi) is 8.22. The first-order valence-electron chi connectivity index (χ1n) is 13.8. The number of non-ortho nitro benzene ring substituents is 1. The Labute approximate surface area is 247 Å². The molecular weight excluding hydrogens is 552 g/mol. The summed E-state index contributed by atoms with van der Waals surface area (Å²) in [5.41, 5.74) is -1.54. The fraction of sp³-hybridized carbons (Fsp3) is 0.242. The first-order chi connectivity index (χ1) is 20.7. The van der Waals surface area contributed by atoms with Gasteiger partial charge in [0.25, 0.3) is 5.69 Å². The summed E-state index contributed by atoms with van der Waals surface area (Å²) in [5, 5.41) is 18.2. The van der Waals surface area contributed by atoms with E-state index in [1.54, 1.807) is 19.9 Å². The van der Waals surface area contributed by atoms with Crippen molar-refractivity contribution < 1.29 is 33.5 Å². The summed E-state index contributed by atoms with van der Waals surface area (Å²) in [6.07, 6.45) is 0. The average molecular weight is 583 g/mol. The lowest BCUT2D eigenvalue weighted by atomic mass is 9.84. The molecule has 1 aliphatic rings. The number of carbonyl (C=O) groups is 3. The van der Waals surface area contributed by atoms with Crippen LogP contribution in [-0.2, 0) is 35.2 Å². The lowest BCUT2D eigenvalue weighted by Gasteiger charge is -2.26. The first kappa shape index (κ1) is 29.4. The smallest absolute Gasteiger partial charge is 0.342 e. The molecule has 5 rings (SSSR count). The van der Waals surface area contributed by atoms with Gasteiger partial charge < -0.3 is 14.2 Å². The van der Waals surface area contributed by atoms with E-state index in [-0.39, 0.29) is 36.6 Å². The molecule has 4 aromatic carbocycles. The van der Waals surface area contributed by atoms with Crippen molar-refractivity contribution in [1.82, 2.24) is 5.32 Å². The van der Waals surface area contributed by atoms with Gasteiger partial charge in [-0.15, -0.1) is 0 Å². The van der Waals surface area contributed by atoms with Crippen LogP contribution in [0.3, 0.4) is 0 Å². The van der Waals surface area contributed by atoms with Gasteiger partial charge in [-0.25, -0.2) is 9.59 Å². The fourth-order valence-electron chi connectivity index (χ4n) is 5.67. The molecule has 10 heteroatoms. The lowest BCUT2D eigenvalue weighted by molar-refractivity contribution is -0.384. The Morgan fingerprint density at radius 3 is 2.00 bits per heavy atom. The van der Waals surface area contributed by atoms with E-state index in [1.807, 2.05) is 48.5 Å². The quantitative estimate of drug-likeness (QED) is 0.0529. The highest BCUT2D eigenvalue weighted by Crippen LogP contribution is 2.45.